The zero-order chi connectivity index (χ0) is 14.7. The van der Waals surface area contributed by atoms with Gasteiger partial charge in [0.15, 0.2) is 0 Å². The van der Waals surface area contributed by atoms with Gasteiger partial charge in [0.2, 0.25) is 0 Å². The molecule has 1 unspecified atom stereocenters. The van der Waals surface area contributed by atoms with Crippen LogP contribution in [-0.4, -0.2) is 9.78 Å². The van der Waals surface area contributed by atoms with E-state index in [1.165, 1.54) is 5.39 Å². The number of rotatable bonds is 5. The van der Waals surface area contributed by atoms with Crippen molar-refractivity contribution in [3.05, 3.63) is 60.4 Å². The van der Waals surface area contributed by atoms with E-state index >= 15 is 0 Å². The van der Waals surface area contributed by atoms with E-state index < -0.39 is 0 Å². The molecule has 0 fully saturated rings. The molecule has 108 valence electrons. The molecule has 3 nitrogen and oxygen atoms in total. The van der Waals surface area contributed by atoms with Crippen molar-refractivity contribution in [3.8, 4) is 5.75 Å². The lowest BCUT2D eigenvalue weighted by molar-refractivity contribution is 0.301. The fourth-order valence-electron chi connectivity index (χ4n) is 2.36. The number of fused-ring (bicyclic) bond motifs is 1. The van der Waals surface area contributed by atoms with Gasteiger partial charge in [0, 0.05) is 17.6 Å². The summed E-state index contributed by atoms with van der Waals surface area (Å²) in [7, 11) is 0. The first-order chi connectivity index (χ1) is 10.3. The maximum atomic E-state index is 5.96. The molecule has 0 aliphatic carbocycles. The largest absolute Gasteiger partial charge is 0.487 e. The average molecular weight is 280 g/mol. The molecule has 0 aliphatic rings. The zero-order valence-electron chi connectivity index (χ0n) is 12.5. The highest BCUT2D eigenvalue weighted by Crippen LogP contribution is 2.25. The van der Waals surface area contributed by atoms with E-state index in [0.717, 1.165) is 23.3 Å². The van der Waals surface area contributed by atoms with Gasteiger partial charge < -0.3 is 4.74 Å². The van der Waals surface area contributed by atoms with Crippen molar-refractivity contribution in [2.75, 3.05) is 0 Å². The van der Waals surface area contributed by atoms with Gasteiger partial charge in [-0.3, -0.25) is 4.68 Å². The summed E-state index contributed by atoms with van der Waals surface area (Å²) < 4.78 is 7.96. The Balaban J connectivity index is 1.76. The molecule has 3 rings (SSSR count). The third-order valence-corrected chi connectivity index (χ3v) is 3.83. The first-order valence-corrected chi connectivity index (χ1v) is 7.42. The molecule has 2 aromatic carbocycles. The number of hydrogen-bond donors (Lipinski definition) is 0. The van der Waals surface area contributed by atoms with Crippen LogP contribution in [0.25, 0.3) is 10.8 Å². The monoisotopic (exact) mass is 280 g/mol. The maximum absolute atomic E-state index is 5.96. The van der Waals surface area contributed by atoms with Gasteiger partial charge in [0.1, 0.15) is 12.4 Å². The fourth-order valence-corrected chi connectivity index (χ4v) is 2.36. The Kier molecular flexibility index (Phi) is 3.91. The Hall–Kier alpha value is -2.29. The Morgan fingerprint density at radius 1 is 1.10 bits per heavy atom. The van der Waals surface area contributed by atoms with E-state index in [9.17, 15) is 0 Å². The van der Waals surface area contributed by atoms with Crippen molar-refractivity contribution in [1.82, 2.24) is 9.78 Å². The standard InChI is InChI=1S/C18H20N2O/c1-3-14(2)20-12-11-16(19-20)13-21-18-10-6-8-15-7-4-5-9-17(15)18/h4-12,14H,3,13H2,1-2H3. The molecule has 1 aromatic heterocycles. The van der Waals surface area contributed by atoms with Gasteiger partial charge in [-0.1, -0.05) is 43.3 Å². The summed E-state index contributed by atoms with van der Waals surface area (Å²) in [6, 6.07) is 16.8. The van der Waals surface area contributed by atoms with Crippen LogP contribution >= 0.6 is 0 Å². The minimum atomic E-state index is 0.427. The lowest BCUT2D eigenvalue weighted by Gasteiger charge is -2.09. The molecule has 0 saturated heterocycles. The van der Waals surface area contributed by atoms with Gasteiger partial charge in [0.25, 0.3) is 0 Å². The second-order valence-corrected chi connectivity index (χ2v) is 5.31. The first-order valence-electron chi connectivity index (χ1n) is 7.42. The van der Waals surface area contributed by atoms with Gasteiger partial charge in [0.05, 0.1) is 5.69 Å². The van der Waals surface area contributed by atoms with Gasteiger partial charge in [-0.15, -0.1) is 0 Å². The SMILES string of the molecule is CCC(C)n1ccc(COc2cccc3ccccc23)n1. The topological polar surface area (TPSA) is 27.1 Å². The van der Waals surface area contributed by atoms with Crippen molar-refractivity contribution in [3.63, 3.8) is 0 Å². The van der Waals surface area contributed by atoms with Crippen LogP contribution in [0.5, 0.6) is 5.75 Å². The van der Waals surface area contributed by atoms with Crippen molar-refractivity contribution < 1.29 is 4.74 Å². The Morgan fingerprint density at radius 2 is 1.90 bits per heavy atom. The highest BCUT2D eigenvalue weighted by Gasteiger charge is 2.06. The molecule has 1 atom stereocenters. The second-order valence-electron chi connectivity index (χ2n) is 5.31. The van der Waals surface area contributed by atoms with Crippen LogP contribution in [0, 0.1) is 0 Å². The summed E-state index contributed by atoms with van der Waals surface area (Å²) in [6.07, 6.45) is 3.10. The van der Waals surface area contributed by atoms with Crippen LogP contribution in [0.2, 0.25) is 0 Å². The molecule has 0 amide bonds. The fraction of sp³-hybridized carbons (Fsp3) is 0.278. The quantitative estimate of drug-likeness (QED) is 0.683. The Morgan fingerprint density at radius 3 is 2.76 bits per heavy atom. The molecule has 0 N–H and O–H groups in total. The van der Waals surface area contributed by atoms with Crippen molar-refractivity contribution in [2.45, 2.75) is 32.9 Å². The van der Waals surface area contributed by atoms with Crippen molar-refractivity contribution >= 4 is 10.8 Å². The number of hydrogen-bond acceptors (Lipinski definition) is 2. The summed E-state index contributed by atoms with van der Waals surface area (Å²) in [4.78, 5) is 0. The van der Waals surface area contributed by atoms with Crippen molar-refractivity contribution in [1.29, 1.82) is 0 Å². The predicted molar refractivity (Wildman–Crippen MR) is 85.5 cm³/mol. The van der Waals surface area contributed by atoms with Gasteiger partial charge in [-0.2, -0.15) is 5.10 Å². The average Bonchev–Trinajstić information content (AvgIpc) is 3.01. The molecule has 0 spiro atoms. The lowest BCUT2D eigenvalue weighted by atomic mass is 10.1. The first kappa shape index (κ1) is 13.7. The highest BCUT2D eigenvalue weighted by atomic mass is 16.5. The normalized spacial score (nSPS) is 12.5. The lowest BCUT2D eigenvalue weighted by Crippen LogP contribution is -2.05. The summed E-state index contributed by atoms with van der Waals surface area (Å²) in [5.74, 6) is 0.909. The Bertz CT molecular complexity index is 727. The zero-order valence-corrected chi connectivity index (χ0v) is 12.5. The molecule has 0 saturated carbocycles. The van der Waals surface area contributed by atoms with Crippen LogP contribution in [0.15, 0.2) is 54.7 Å². The second kappa shape index (κ2) is 6.00. The molecular formula is C18H20N2O. The van der Waals surface area contributed by atoms with E-state index in [4.69, 9.17) is 4.74 Å². The van der Waals surface area contributed by atoms with Gasteiger partial charge >= 0.3 is 0 Å². The molecular weight excluding hydrogens is 260 g/mol. The van der Waals surface area contributed by atoms with E-state index in [2.05, 4.69) is 37.1 Å². The van der Waals surface area contributed by atoms with E-state index in [1.54, 1.807) is 0 Å². The van der Waals surface area contributed by atoms with Crippen LogP contribution in [0.4, 0.5) is 0 Å². The summed E-state index contributed by atoms with van der Waals surface area (Å²) >= 11 is 0. The number of nitrogens with zero attached hydrogens (tertiary/aromatic N) is 2. The molecule has 21 heavy (non-hydrogen) atoms. The number of aromatic nitrogens is 2. The minimum absolute atomic E-state index is 0.427. The third-order valence-electron chi connectivity index (χ3n) is 3.83. The van der Waals surface area contributed by atoms with E-state index in [1.807, 2.05) is 41.2 Å². The van der Waals surface area contributed by atoms with Gasteiger partial charge in [-0.05, 0) is 30.9 Å². The summed E-state index contributed by atoms with van der Waals surface area (Å²) in [5.41, 5.74) is 0.961. The molecule has 0 aliphatic heterocycles. The summed E-state index contributed by atoms with van der Waals surface area (Å²) in [5, 5.41) is 6.90. The number of ether oxygens (including phenoxy) is 1. The minimum Gasteiger partial charge on any atom is -0.487 e. The van der Waals surface area contributed by atoms with Crippen LogP contribution in [-0.2, 0) is 6.61 Å². The van der Waals surface area contributed by atoms with E-state index in [0.29, 0.717) is 12.6 Å². The van der Waals surface area contributed by atoms with E-state index in [-0.39, 0.29) is 0 Å². The smallest absolute Gasteiger partial charge is 0.132 e. The van der Waals surface area contributed by atoms with Crippen LogP contribution < -0.4 is 4.74 Å². The Labute approximate surface area is 125 Å². The van der Waals surface area contributed by atoms with Crippen LogP contribution in [0.1, 0.15) is 32.0 Å². The molecule has 0 radical (unpaired) electrons. The van der Waals surface area contributed by atoms with Gasteiger partial charge in [-0.25, -0.2) is 0 Å². The maximum Gasteiger partial charge on any atom is 0.132 e. The summed E-state index contributed by atoms with van der Waals surface area (Å²) in [6.45, 7) is 4.83. The third kappa shape index (κ3) is 2.92. The molecule has 1 heterocycles. The molecule has 0 bridgehead atoms. The molecule has 3 heteroatoms. The predicted octanol–water partition coefficient (Wildman–Crippen LogP) is 4.59. The highest BCUT2D eigenvalue weighted by molar-refractivity contribution is 5.88. The molecule has 3 aromatic rings. The number of benzene rings is 2. The van der Waals surface area contributed by atoms with Crippen LogP contribution in [0.3, 0.4) is 0 Å². The van der Waals surface area contributed by atoms with Crippen molar-refractivity contribution in [2.24, 2.45) is 0 Å².